The van der Waals surface area contributed by atoms with Gasteiger partial charge in [0, 0.05) is 30.3 Å². The van der Waals surface area contributed by atoms with Crippen molar-refractivity contribution >= 4 is 11.6 Å². The van der Waals surface area contributed by atoms with E-state index < -0.39 is 4.92 Å². The molecule has 0 unspecified atom stereocenters. The summed E-state index contributed by atoms with van der Waals surface area (Å²) in [5.41, 5.74) is 0.902. The number of nitro groups is 1. The first kappa shape index (κ1) is 16.4. The molecule has 120 valence electrons. The maximum absolute atomic E-state index is 12.6. The largest absolute Gasteiger partial charge is 0.339 e. The van der Waals surface area contributed by atoms with Gasteiger partial charge in [-0.15, -0.1) is 0 Å². The standard InChI is InChI=1S/C16H23N3O3/c1-3-17-11-13-7-9-18(10-8-13)16(20)14-5-4-6-15(12(14)2)19(21)22/h4-6,13,17H,3,7-11H2,1-2H3. The quantitative estimate of drug-likeness (QED) is 0.669. The van der Waals surface area contributed by atoms with Crippen molar-refractivity contribution in [3.63, 3.8) is 0 Å². The Kier molecular flexibility index (Phi) is 5.49. The monoisotopic (exact) mass is 305 g/mol. The number of piperidine rings is 1. The molecule has 0 aliphatic carbocycles. The van der Waals surface area contributed by atoms with Crippen LogP contribution in [0.4, 0.5) is 5.69 Å². The smallest absolute Gasteiger partial charge is 0.273 e. The van der Waals surface area contributed by atoms with Crippen LogP contribution in [0.1, 0.15) is 35.7 Å². The van der Waals surface area contributed by atoms with E-state index in [1.54, 1.807) is 19.1 Å². The number of rotatable bonds is 5. The Morgan fingerprint density at radius 1 is 1.41 bits per heavy atom. The molecule has 0 spiro atoms. The molecule has 1 N–H and O–H groups in total. The van der Waals surface area contributed by atoms with Gasteiger partial charge in [0.15, 0.2) is 0 Å². The molecular formula is C16H23N3O3. The molecule has 0 saturated carbocycles. The lowest BCUT2D eigenvalue weighted by Crippen LogP contribution is -2.41. The first-order valence-electron chi connectivity index (χ1n) is 7.78. The van der Waals surface area contributed by atoms with Crippen LogP contribution in [0.5, 0.6) is 0 Å². The van der Waals surface area contributed by atoms with Crippen molar-refractivity contribution in [3.05, 3.63) is 39.4 Å². The maximum Gasteiger partial charge on any atom is 0.273 e. The summed E-state index contributed by atoms with van der Waals surface area (Å²) in [4.78, 5) is 25.0. The summed E-state index contributed by atoms with van der Waals surface area (Å²) in [6.07, 6.45) is 1.96. The first-order valence-corrected chi connectivity index (χ1v) is 7.78. The molecule has 2 rings (SSSR count). The van der Waals surface area contributed by atoms with Crippen LogP contribution in [0.3, 0.4) is 0 Å². The van der Waals surface area contributed by atoms with Gasteiger partial charge in [-0.25, -0.2) is 0 Å². The van der Waals surface area contributed by atoms with Crippen LogP contribution in [-0.4, -0.2) is 41.9 Å². The Hall–Kier alpha value is -1.95. The summed E-state index contributed by atoms with van der Waals surface area (Å²) < 4.78 is 0. The molecule has 0 aromatic heterocycles. The van der Waals surface area contributed by atoms with Crippen LogP contribution in [0.15, 0.2) is 18.2 Å². The molecule has 1 aliphatic rings. The Morgan fingerprint density at radius 3 is 2.68 bits per heavy atom. The predicted octanol–water partition coefficient (Wildman–Crippen LogP) is 2.36. The lowest BCUT2D eigenvalue weighted by Gasteiger charge is -2.32. The van der Waals surface area contributed by atoms with Gasteiger partial charge in [0.1, 0.15) is 0 Å². The average Bonchev–Trinajstić information content (AvgIpc) is 2.52. The molecule has 1 amide bonds. The van der Waals surface area contributed by atoms with Crippen molar-refractivity contribution in [2.45, 2.75) is 26.7 Å². The maximum atomic E-state index is 12.6. The predicted molar refractivity (Wildman–Crippen MR) is 85.0 cm³/mol. The van der Waals surface area contributed by atoms with Crippen LogP contribution >= 0.6 is 0 Å². The van der Waals surface area contributed by atoms with E-state index in [1.807, 2.05) is 4.90 Å². The number of hydrogen-bond donors (Lipinski definition) is 1. The van der Waals surface area contributed by atoms with Gasteiger partial charge in [-0.05, 0) is 44.8 Å². The first-order chi connectivity index (χ1) is 10.5. The van der Waals surface area contributed by atoms with Gasteiger partial charge >= 0.3 is 0 Å². The number of amides is 1. The SMILES string of the molecule is CCNCC1CCN(C(=O)c2cccc([N+](=O)[O-])c2C)CC1. The number of nitrogens with zero attached hydrogens (tertiary/aromatic N) is 2. The molecule has 0 bridgehead atoms. The number of nitro benzene ring substituents is 1. The van der Waals surface area contributed by atoms with Crippen molar-refractivity contribution in [1.82, 2.24) is 10.2 Å². The van der Waals surface area contributed by atoms with Crippen molar-refractivity contribution in [2.24, 2.45) is 5.92 Å². The second kappa shape index (κ2) is 7.35. The summed E-state index contributed by atoms with van der Waals surface area (Å²) >= 11 is 0. The van der Waals surface area contributed by atoms with E-state index in [0.717, 1.165) is 39.0 Å². The molecule has 1 saturated heterocycles. The van der Waals surface area contributed by atoms with Gasteiger partial charge < -0.3 is 10.2 Å². The fourth-order valence-corrected chi connectivity index (χ4v) is 2.91. The zero-order chi connectivity index (χ0) is 16.1. The minimum absolute atomic E-state index is 0.00730. The van der Waals surface area contributed by atoms with E-state index in [0.29, 0.717) is 17.0 Å². The van der Waals surface area contributed by atoms with E-state index >= 15 is 0 Å². The summed E-state index contributed by atoms with van der Waals surface area (Å²) in [6.45, 7) is 7.13. The molecule has 1 aromatic rings. The Balaban J connectivity index is 2.04. The molecule has 1 fully saturated rings. The average molecular weight is 305 g/mol. The van der Waals surface area contributed by atoms with Gasteiger partial charge in [0.2, 0.25) is 0 Å². The van der Waals surface area contributed by atoms with Crippen molar-refractivity contribution in [1.29, 1.82) is 0 Å². The number of likely N-dealkylation sites (tertiary alicyclic amines) is 1. The van der Waals surface area contributed by atoms with Gasteiger partial charge in [-0.1, -0.05) is 13.0 Å². The molecule has 1 heterocycles. The highest BCUT2D eigenvalue weighted by molar-refractivity contribution is 5.96. The molecule has 6 nitrogen and oxygen atoms in total. The molecule has 22 heavy (non-hydrogen) atoms. The summed E-state index contributed by atoms with van der Waals surface area (Å²) in [6, 6.07) is 4.69. The van der Waals surface area contributed by atoms with Crippen LogP contribution < -0.4 is 5.32 Å². The van der Waals surface area contributed by atoms with Gasteiger partial charge in [-0.2, -0.15) is 0 Å². The van der Waals surface area contributed by atoms with Crippen LogP contribution in [-0.2, 0) is 0 Å². The highest BCUT2D eigenvalue weighted by Crippen LogP contribution is 2.24. The normalized spacial score (nSPS) is 15.8. The van der Waals surface area contributed by atoms with E-state index in [1.165, 1.54) is 6.07 Å². The zero-order valence-corrected chi connectivity index (χ0v) is 13.2. The highest BCUT2D eigenvalue weighted by atomic mass is 16.6. The van der Waals surface area contributed by atoms with Crippen LogP contribution in [0.25, 0.3) is 0 Å². The summed E-state index contributed by atoms with van der Waals surface area (Å²) in [5, 5.41) is 14.3. The zero-order valence-electron chi connectivity index (χ0n) is 13.2. The van der Waals surface area contributed by atoms with Crippen LogP contribution in [0.2, 0.25) is 0 Å². The van der Waals surface area contributed by atoms with E-state index in [2.05, 4.69) is 12.2 Å². The van der Waals surface area contributed by atoms with E-state index in [4.69, 9.17) is 0 Å². The van der Waals surface area contributed by atoms with E-state index in [-0.39, 0.29) is 11.6 Å². The van der Waals surface area contributed by atoms with E-state index in [9.17, 15) is 14.9 Å². The molecule has 1 aliphatic heterocycles. The van der Waals surface area contributed by atoms with Crippen molar-refractivity contribution < 1.29 is 9.72 Å². The second-order valence-corrected chi connectivity index (χ2v) is 5.75. The molecular weight excluding hydrogens is 282 g/mol. The summed E-state index contributed by atoms with van der Waals surface area (Å²) in [7, 11) is 0. The second-order valence-electron chi connectivity index (χ2n) is 5.75. The number of nitrogens with one attached hydrogen (secondary N) is 1. The van der Waals surface area contributed by atoms with Crippen molar-refractivity contribution in [3.8, 4) is 0 Å². The number of benzene rings is 1. The lowest BCUT2D eigenvalue weighted by molar-refractivity contribution is -0.385. The Bertz CT molecular complexity index is 552. The molecule has 0 atom stereocenters. The van der Waals surface area contributed by atoms with Gasteiger partial charge in [0.05, 0.1) is 4.92 Å². The Morgan fingerprint density at radius 2 is 2.09 bits per heavy atom. The van der Waals surface area contributed by atoms with Gasteiger partial charge in [-0.3, -0.25) is 14.9 Å². The van der Waals surface area contributed by atoms with Crippen LogP contribution in [0, 0.1) is 23.0 Å². The lowest BCUT2D eigenvalue weighted by atomic mass is 9.95. The fourth-order valence-electron chi connectivity index (χ4n) is 2.91. The highest BCUT2D eigenvalue weighted by Gasteiger charge is 2.26. The van der Waals surface area contributed by atoms with Crippen molar-refractivity contribution in [2.75, 3.05) is 26.2 Å². The third kappa shape index (κ3) is 3.62. The van der Waals surface area contributed by atoms with Gasteiger partial charge in [0.25, 0.3) is 11.6 Å². The minimum atomic E-state index is -0.436. The number of hydrogen-bond acceptors (Lipinski definition) is 4. The molecule has 6 heteroatoms. The topological polar surface area (TPSA) is 75.5 Å². The minimum Gasteiger partial charge on any atom is -0.339 e. The Labute approximate surface area is 130 Å². The third-order valence-corrected chi connectivity index (χ3v) is 4.32. The number of carbonyl (C=O) groups is 1. The molecule has 0 radical (unpaired) electrons. The summed E-state index contributed by atoms with van der Waals surface area (Å²) in [5.74, 6) is 0.512. The third-order valence-electron chi connectivity index (χ3n) is 4.32. The number of carbonyl (C=O) groups excluding carboxylic acids is 1. The fraction of sp³-hybridized carbons (Fsp3) is 0.562. The molecule has 1 aromatic carbocycles.